The minimum Gasteiger partial charge on any atom is -0.349 e. The summed E-state index contributed by atoms with van der Waals surface area (Å²) < 4.78 is 41.5. The van der Waals surface area contributed by atoms with Gasteiger partial charge < -0.3 is 10.2 Å². The van der Waals surface area contributed by atoms with Crippen molar-refractivity contribution in [2.24, 2.45) is 0 Å². The standard InChI is InChI=1S/C23H20F3N5O2S3/c1-12-18(30-6-7-35-22(30)28-12)20(32)27-9-16-10-34-11-31(16)21(33)17-19(36-13(2)29-17)14-4-3-5-15(8-14)23(24,25)26/h3-8,16H,9-11H2,1-2H3,(H,27,32)/t16-/m1/s1. The van der Waals surface area contributed by atoms with Crippen LogP contribution in [0.3, 0.4) is 0 Å². The molecular weight excluding hydrogens is 531 g/mol. The lowest BCUT2D eigenvalue weighted by Gasteiger charge is -2.24. The van der Waals surface area contributed by atoms with E-state index < -0.39 is 11.7 Å². The van der Waals surface area contributed by atoms with Gasteiger partial charge in [-0.05, 0) is 31.5 Å². The summed E-state index contributed by atoms with van der Waals surface area (Å²) in [6.07, 6.45) is -2.70. The van der Waals surface area contributed by atoms with Gasteiger partial charge in [0.25, 0.3) is 11.8 Å². The number of hydrogen-bond donors (Lipinski definition) is 1. The molecule has 1 N–H and O–H groups in total. The highest BCUT2D eigenvalue weighted by Gasteiger charge is 2.35. The molecule has 0 unspecified atom stereocenters. The fraction of sp³-hybridized carbons (Fsp3) is 0.304. The van der Waals surface area contributed by atoms with Crippen LogP contribution in [0.5, 0.6) is 0 Å². The van der Waals surface area contributed by atoms with E-state index in [1.54, 1.807) is 47.2 Å². The molecule has 0 bridgehead atoms. The van der Waals surface area contributed by atoms with Crippen molar-refractivity contribution < 1.29 is 22.8 Å². The minimum atomic E-state index is -4.49. The van der Waals surface area contributed by atoms with Gasteiger partial charge in [0.1, 0.15) is 11.4 Å². The molecule has 1 aliphatic heterocycles. The number of alkyl halides is 3. The molecule has 188 valence electrons. The van der Waals surface area contributed by atoms with Gasteiger partial charge in [0.2, 0.25) is 0 Å². The number of fused-ring (bicyclic) bond motifs is 1. The highest BCUT2D eigenvalue weighted by molar-refractivity contribution is 7.99. The summed E-state index contributed by atoms with van der Waals surface area (Å²) in [5, 5.41) is 5.35. The largest absolute Gasteiger partial charge is 0.416 e. The molecular formula is C23H20F3N5O2S3. The predicted molar refractivity (Wildman–Crippen MR) is 135 cm³/mol. The zero-order valence-electron chi connectivity index (χ0n) is 19.1. The minimum absolute atomic E-state index is 0.127. The number of aromatic nitrogens is 3. The molecule has 1 saturated heterocycles. The van der Waals surface area contributed by atoms with Gasteiger partial charge in [-0.3, -0.25) is 14.0 Å². The van der Waals surface area contributed by atoms with Gasteiger partial charge in [-0.1, -0.05) is 12.1 Å². The molecule has 7 nitrogen and oxygen atoms in total. The monoisotopic (exact) mass is 551 g/mol. The van der Waals surface area contributed by atoms with Crippen LogP contribution in [0, 0.1) is 13.8 Å². The first-order chi connectivity index (χ1) is 17.1. The molecule has 0 radical (unpaired) electrons. The summed E-state index contributed by atoms with van der Waals surface area (Å²) in [4.78, 5) is 38.0. The molecule has 4 heterocycles. The molecule has 1 atom stereocenters. The Labute approximate surface area is 216 Å². The average Bonchev–Trinajstić information content (AvgIpc) is 3.60. The fourth-order valence-corrected chi connectivity index (χ4v) is 6.94. The number of thiazole rings is 2. The SMILES string of the molecule is Cc1nc(C(=O)N2CSC[C@H]2CNC(=O)c2c(C)nc3sccn23)c(-c2cccc(C(F)(F)F)c2)s1. The van der Waals surface area contributed by atoms with Crippen molar-refractivity contribution in [1.82, 2.24) is 24.6 Å². The van der Waals surface area contributed by atoms with Gasteiger partial charge in [0.15, 0.2) is 4.96 Å². The molecule has 0 aliphatic carbocycles. The zero-order chi connectivity index (χ0) is 25.6. The Morgan fingerprint density at radius 1 is 1.22 bits per heavy atom. The smallest absolute Gasteiger partial charge is 0.349 e. The molecule has 5 rings (SSSR count). The third-order valence-electron chi connectivity index (χ3n) is 5.78. The Hall–Kier alpha value is -2.90. The number of halogens is 3. The van der Waals surface area contributed by atoms with E-state index in [-0.39, 0.29) is 30.1 Å². The van der Waals surface area contributed by atoms with E-state index in [1.807, 2.05) is 5.38 Å². The number of rotatable bonds is 5. The lowest BCUT2D eigenvalue weighted by molar-refractivity contribution is -0.137. The van der Waals surface area contributed by atoms with E-state index in [0.29, 0.717) is 38.5 Å². The molecule has 0 spiro atoms. The Bertz CT molecular complexity index is 1460. The van der Waals surface area contributed by atoms with Crippen molar-refractivity contribution in [2.45, 2.75) is 26.1 Å². The van der Waals surface area contributed by atoms with Crippen LogP contribution in [0.1, 0.15) is 37.2 Å². The number of carbonyl (C=O) groups excluding carboxylic acids is 2. The number of aryl methyl sites for hydroxylation is 2. The number of imidazole rings is 1. The fourth-order valence-electron chi connectivity index (χ4n) is 4.08. The summed E-state index contributed by atoms with van der Waals surface area (Å²) in [5.74, 6) is 0.375. The van der Waals surface area contributed by atoms with Gasteiger partial charge in [-0.2, -0.15) is 13.2 Å². The van der Waals surface area contributed by atoms with E-state index in [2.05, 4.69) is 15.3 Å². The number of amides is 2. The van der Waals surface area contributed by atoms with Crippen LogP contribution in [0.15, 0.2) is 35.8 Å². The van der Waals surface area contributed by atoms with E-state index >= 15 is 0 Å². The summed E-state index contributed by atoms with van der Waals surface area (Å²) in [6, 6.07) is 4.64. The zero-order valence-corrected chi connectivity index (χ0v) is 21.6. The number of carbonyl (C=O) groups is 2. The molecule has 0 saturated carbocycles. The Balaban J connectivity index is 1.35. The average molecular weight is 552 g/mol. The van der Waals surface area contributed by atoms with Crippen LogP contribution in [0.2, 0.25) is 0 Å². The van der Waals surface area contributed by atoms with Crippen LogP contribution in [-0.2, 0) is 6.18 Å². The molecule has 13 heteroatoms. The lowest BCUT2D eigenvalue weighted by atomic mass is 10.1. The second kappa shape index (κ2) is 9.52. The Morgan fingerprint density at radius 2 is 2.03 bits per heavy atom. The maximum absolute atomic E-state index is 13.5. The molecule has 36 heavy (non-hydrogen) atoms. The number of thioether (sulfide) groups is 1. The molecule has 1 aliphatic rings. The second-order valence-electron chi connectivity index (χ2n) is 8.23. The predicted octanol–water partition coefficient (Wildman–Crippen LogP) is 5.10. The highest BCUT2D eigenvalue weighted by atomic mass is 32.2. The molecule has 1 fully saturated rings. The third kappa shape index (κ3) is 4.62. The van der Waals surface area contributed by atoms with E-state index in [9.17, 15) is 22.8 Å². The normalized spacial score (nSPS) is 16.1. The lowest BCUT2D eigenvalue weighted by Crippen LogP contribution is -2.44. The maximum atomic E-state index is 13.5. The first-order valence-electron chi connectivity index (χ1n) is 10.9. The van der Waals surface area contributed by atoms with E-state index in [4.69, 9.17) is 0 Å². The van der Waals surface area contributed by atoms with Gasteiger partial charge in [0, 0.05) is 23.9 Å². The van der Waals surface area contributed by atoms with Gasteiger partial charge in [-0.15, -0.1) is 34.4 Å². The molecule has 2 amide bonds. The number of benzene rings is 1. The number of nitrogens with zero attached hydrogens (tertiary/aromatic N) is 4. The Kier molecular flexibility index (Phi) is 6.55. The second-order valence-corrected chi connectivity index (χ2v) is 11.3. The van der Waals surface area contributed by atoms with Crippen LogP contribution in [0.25, 0.3) is 15.4 Å². The first-order valence-corrected chi connectivity index (χ1v) is 13.7. The Morgan fingerprint density at radius 3 is 2.81 bits per heavy atom. The first kappa shape index (κ1) is 24.8. The van der Waals surface area contributed by atoms with Crippen LogP contribution in [-0.4, -0.2) is 55.3 Å². The molecule has 4 aromatic rings. The number of nitrogens with one attached hydrogen (secondary N) is 1. The third-order valence-corrected chi connectivity index (χ3v) is 8.64. The maximum Gasteiger partial charge on any atom is 0.416 e. The quantitative estimate of drug-likeness (QED) is 0.373. The van der Waals surface area contributed by atoms with Gasteiger partial charge >= 0.3 is 6.18 Å². The van der Waals surface area contributed by atoms with Crippen molar-refractivity contribution in [3.63, 3.8) is 0 Å². The topological polar surface area (TPSA) is 79.6 Å². The van der Waals surface area contributed by atoms with Crippen molar-refractivity contribution in [2.75, 3.05) is 18.2 Å². The van der Waals surface area contributed by atoms with Crippen LogP contribution in [0.4, 0.5) is 13.2 Å². The molecule has 1 aromatic carbocycles. The summed E-state index contributed by atoms with van der Waals surface area (Å²) in [5.41, 5.74) is 0.721. The van der Waals surface area contributed by atoms with Crippen molar-refractivity contribution in [3.8, 4) is 10.4 Å². The van der Waals surface area contributed by atoms with Crippen molar-refractivity contribution in [3.05, 3.63) is 63.5 Å². The van der Waals surface area contributed by atoms with Crippen molar-refractivity contribution >= 4 is 51.2 Å². The van der Waals surface area contributed by atoms with Crippen LogP contribution >= 0.6 is 34.4 Å². The summed E-state index contributed by atoms with van der Waals surface area (Å²) >= 11 is 4.17. The van der Waals surface area contributed by atoms with E-state index in [0.717, 1.165) is 17.1 Å². The van der Waals surface area contributed by atoms with E-state index in [1.165, 1.54) is 28.7 Å². The van der Waals surface area contributed by atoms with Crippen LogP contribution < -0.4 is 5.32 Å². The number of hydrogen-bond acceptors (Lipinski definition) is 7. The van der Waals surface area contributed by atoms with Gasteiger partial charge in [0.05, 0.1) is 33.1 Å². The van der Waals surface area contributed by atoms with Crippen molar-refractivity contribution in [1.29, 1.82) is 0 Å². The summed E-state index contributed by atoms with van der Waals surface area (Å²) in [6.45, 7) is 3.72. The van der Waals surface area contributed by atoms with Gasteiger partial charge in [-0.25, -0.2) is 9.97 Å². The summed E-state index contributed by atoms with van der Waals surface area (Å²) in [7, 11) is 0. The highest BCUT2D eigenvalue weighted by Crippen LogP contribution is 2.36. The molecule has 3 aromatic heterocycles.